The number of benzene rings is 3. The lowest BCUT2D eigenvalue weighted by Gasteiger charge is -2.25. The van der Waals surface area contributed by atoms with E-state index in [1.165, 1.54) is 4.90 Å². The summed E-state index contributed by atoms with van der Waals surface area (Å²) >= 11 is 0. The highest BCUT2D eigenvalue weighted by Crippen LogP contribution is 2.16. The lowest BCUT2D eigenvalue weighted by molar-refractivity contribution is -0.130. The standard InChI is InChI=1S/C38H52N4O5/c1-6-16-42(17-7-2)38(46)25-32-19-30(18-31(20-32)24-37(45)41(3)4)23-36(44)40-34(22-28-12-9-8-10-13-28)35(43)27-39-26-29-14-11-15-33(21-29)47-5/h8-15,18-21,34-35,39,43H,6-7,16-17,22-27H2,1-5H3,(H,40,44)/t34-,35+/m0/s1. The Hall–Kier alpha value is -4.21. The van der Waals surface area contributed by atoms with E-state index in [0.29, 0.717) is 26.1 Å². The molecule has 0 aliphatic heterocycles. The van der Waals surface area contributed by atoms with Gasteiger partial charge >= 0.3 is 0 Å². The summed E-state index contributed by atoms with van der Waals surface area (Å²) < 4.78 is 5.31. The molecule has 254 valence electrons. The molecule has 3 aromatic rings. The average molecular weight is 645 g/mol. The molecule has 47 heavy (non-hydrogen) atoms. The van der Waals surface area contributed by atoms with Crippen LogP contribution in [0.5, 0.6) is 5.75 Å². The Kier molecular flexibility index (Phi) is 15.4. The molecule has 2 atom stereocenters. The van der Waals surface area contributed by atoms with Crippen LogP contribution in [-0.4, -0.2) is 85.6 Å². The van der Waals surface area contributed by atoms with Gasteiger partial charge in [-0.2, -0.15) is 0 Å². The number of aliphatic hydroxyl groups is 1. The molecule has 0 aliphatic carbocycles. The van der Waals surface area contributed by atoms with Crippen molar-refractivity contribution in [1.29, 1.82) is 0 Å². The molecule has 0 saturated carbocycles. The summed E-state index contributed by atoms with van der Waals surface area (Å²) in [7, 11) is 5.05. The molecular weight excluding hydrogens is 592 g/mol. The number of amides is 3. The minimum atomic E-state index is -0.856. The van der Waals surface area contributed by atoms with Crippen molar-refractivity contribution in [3.05, 3.63) is 101 Å². The first kappa shape index (κ1) is 37.2. The van der Waals surface area contributed by atoms with Crippen LogP contribution in [0.15, 0.2) is 72.8 Å². The van der Waals surface area contributed by atoms with Crippen molar-refractivity contribution < 1.29 is 24.2 Å². The fourth-order valence-corrected chi connectivity index (χ4v) is 5.55. The topological polar surface area (TPSA) is 111 Å². The van der Waals surface area contributed by atoms with E-state index in [-0.39, 0.29) is 43.5 Å². The predicted octanol–water partition coefficient (Wildman–Crippen LogP) is 3.94. The summed E-state index contributed by atoms with van der Waals surface area (Å²) in [5.74, 6) is 0.494. The van der Waals surface area contributed by atoms with Gasteiger partial charge in [0.15, 0.2) is 0 Å². The van der Waals surface area contributed by atoms with Crippen molar-refractivity contribution in [3.8, 4) is 5.75 Å². The van der Waals surface area contributed by atoms with Crippen molar-refractivity contribution in [2.45, 2.75) is 71.1 Å². The summed E-state index contributed by atoms with van der Waals surface area (Å²) in [6, 6.07) is 22.6. The Bertz CT molecular complexity index is 1420. The van der Waals surface area contributed by atoms with E-state index in [1.54, 1.807) is 21.2 Å². The van der Waals surface area contributed by atoms with E-state index in [0.717, 1.165) is 46.4 Å². The van der Waals surface area contributed by atoms with Gasteiger partial charge in [-0.1, -0.05) is 74.5 Å². The third-order valence-corrected chi connectivity index (χ3v) is 7.95. The van der Waals surface area contributed by atoms with Gasteiger partial charge in [0.25, 0.3) is 0 Å². The zero-order valence-electron chi connectivity index (χ0n) is 28.6. The number of rotatable bonds is 19. The maximum absolute atomic E-state index is 13.5. The van der Waals surface area contributed by atoms with Gasteiger partial charge < -0.3 is 30.3 Å². The van der Waals surface area contributed by atoms with E-state index in [1.807, 2.05) is 77.7 Å². The molecule has 9 heteroatoms. The molecule has 0 fully saturated rings. The lowest BCUT2D eigenvalue weighted by Crippen LogP contribution is -2.49. The van der Waals surface area contributed by atoms with Gasteiger partial charge in [0.1, 0.15) is 5.75 Å². The Morgan fingerprint density at radius 1 is 0.766 bits per heavy atom. The van der Waals surface area contributed by atoms with Crippen molar-refractivity contribution in [2.24, 2.45) is 0 Å². The number of hydrogen-bond acceptors (Lipinski definition) is 6. The second-order valence-corrected chi connectivity index (χ2v) is 12.3. The molecule has 0 radical (unpaired) electrons. The first-order valence-electron chi connectivity index (χ1n) is 16.6. The van der Waals surface area contributed by atoms with Crippen LogP contribution in [0, 0.1) is 0 Å². The molecule has 3 amide bonds. The van der Waals surface area contributed by atoms with Gasteiger partial charge in [-0.15, -0.1) is 0 Å². The van der Waals surface area contributed by atoms with Crippen LogP contribution in [0.1, 0.15) is 54.5 Å². The zero-order chi connectivity index (χ0) is 34.2. The monoisotopic (exact) mass is 644 g/mol. The highest BCUT2D eigenvalue weighted by Gasteiger charge is 2.23. The summed E-state index contributed by atoms with van der Waals surface area (Å²) in [6.07, 6.45) is 1.77. The van der Waals surface area contributed by atoms with E-state index < -0.39 is 12.1 Å². The maximum atomic E-state index is 13.5. The molecule has 3 rings (SSSR count). The molecule has 3 N–H and O–H groups in total. The van der Waals surface area contributed by atoms with Gasteiger partial charge in [0, 0.05) is 40.3 Å². The molecular formula is C38H52N4O5. The van der Waals surface area contributed by atoms with Crippen LogP contribution in [0.4, 0.5) is 0 Å². The first-order valence-corrected chi connectivity index (χ1v) is 16.6. The van der Waals surface area contributed by atoms with Gasteiger partial charge in [-0.05, 0) is 59.2 Å². The minimum Gasteiger partial charge on any atom is -0.497 e. The molecule has 0 bridgehead atoms. The number of aliphatic hydroxyl groups excluding tert-OH is 1. The van der Waals surface area contributed by atoms with E-state index in [2.05, 4.69) is 24.5 Å². The van der Waals surface area contributed by atoms with Gasteiger partial charge in [-0.3, -0.25) is 14.4 Å². The predicted molar refractivity (Wildman–Crippen MR) is 186 cm³/mol. The van der Waals surface area contributed by atoms with E-state index in [9.17, 15) is 19.5 Å². The fraction of sp³-hybridized carbons (Fsp3) is 0.447. The molecule has 0 aromatic heterocycles. The maximum Gasteiger partial charge on any atom is 0.226 e. The molecule has 0 saturated heterocycles. The summed E-state index contributed by atoms with van der Waals surface area (Å²) in [4.78, 5) is 42.7. The number of ether oxygens (including phenoxy) is 1. The Morgan fingerprint density at radius 3 is 1.96 bits per heavy atom. The first-order chi connectivity index (χ1) is 22.6. The van der Waals surface area contributed by atoms with Gasteiger partial charge in [-0.25, -0.2) is 0 Å². The van der Waals surface area contributed by atoms with Crippen LogP contribution in [-0.2, 0) is 46.6 Å². The van der Waals surface area contributed by atoms with Crippen LogP contribution in [0.3, 0.4) is 0 Å². The van der Waals surface area contributed by atoms with Crippen molar-refractivity contribution in [3.63, 3.8) is 0 Å². The highest BCUT2D eigenvalue weighted by molar-refractivity contribution is 5.82. The summed E-state index contributed by atoms with van der Waals surface area (Å²) in [5, 5.41) is 17.6. The average Bonchev–Trinajstić information content (AvgIpc) is 3.04. The SMILES string of the molecule is CCCN(CCC)C(=O)Cc1cc(CC(=O)N[C@@H](Cc2ccccc2)[C@H](O)CNCc2cccc(OC)c2)cc(CC(=O)N(C)C)c1. The molecule has 9 nitrogen and oxygen atoms in total. The third kappa shape index (κ3) is 12.8. The number of hydrogen-bond donors (Lipinski definition) is 3. The Morgan fingerprint density at radius 2 is 1.36 bits per heavy atom. The third-order valence-electron chi connectivity index (χ3n) is 7.95. The van der Waals surface area contributed by atoms with Crippen LogP contribution in [0.2, 0.25) is 0 Å². The van der Waals surface area contributed by atoms with E-state index in [4.69, 9.17) is 4.74 Å². The minimum absolute atomic E-state index is 0.0349. The zero-order valence-corrected chi connectivity index (χ0v) is 28.6. The number of nitrogens with one attached hydrogen (secondary N) is 2. The number of carbonyl (C=O) groups excluding carboxylic acids is 3. The largest absolute Gasteiger partial charge is 0.497 e. The quantitative estimate of drug-likeness (QED) is 0.182. The van der Waals surface area contributed by atoms with Crippen LogP contribution < -0.4 is 15.4 Å². The van der Waals surface area contributed by atoms with E-state index >= 15 is 0 Å². The van der Waals surface area contributed by atoms with Crippen LogP contribution in [0.25, 0.3) is 0 Å². The number of likely N-dealkylation sites (N-methyl/N-ethyl adjacent to an activating group) is 1. The summed E-state index contributed by atoms with van der Waals surface area (Å²) in [5.41, 5.74) is 4.28. The second-order valence-electron chi connectivity index (χ2n) is 12.3. The molecule has 0 heterocycles. The molecule has 3 aromatic carbocycles. The number of carbonyl (C=O) groups is 3. The molecule has 0 spiro atoms. The number of methoxy groups -OCH3 is 1. The smallest absolute Gasteiger partial charge is 0.226 e. The van der Waals surface area contributed by atoms with Gasteiger partial charge in [0.05, 0.1) is 38.5 Å². The Labute approximate surface area is 280 Å². The highest BCUT2D eigenvalue weighted by atomic mass is 16.5. The van der Waals surface area contributed by atoms with Crippen molar-refractivity contribution >= 4 is 17.7 Å². The van der Waals surface area contributed by atoms with Gasteiger partial charge in [0.2, 0.25) is 17.7 Å². The molecule has 0 unspecified atom stereocenters. The molecule has 0 aliphatic rings. The number of nitrogens with zero attached hydrogens (tertiary/aromatic N) is 2. The summed E-state index contributed by atoms with van der Waals surface area (Å²) in [6.45, 7) is 6.31. The normalized spacial score (nSPS) is 12.2. The lowest BCUT2D eigenvalue weighted by atomic mass is 9.97. The Balaban J connectivity index is 1.77. The second kappa shape index (κ2) is 19.5. The fourth-order valence-electron chi connectivity index (χ4n) is 5.55. The van der Waals surface area contributed by atoms with Crippen molar-refractivity contribution in [1.82, 2.24) is 20.4 Å². The van der Waals surface area contributed by atoms with Crippen molar-refractivity contribution in [2.75, 3.05) is 40.8 Å². The van der Waals surface area contributed by atoms with Crippen LogP contribution >= 0.6 is 0 Å².